The summed E-state index contributed by atoms with van der Waals surface area (Å²) in [5, 5.41) is 0. The third-order valence-corrected chi connectivity index (χ3v) is 11.4. The second kappa shape index (κ2) is 28.9. The molecule has 57 heavy (non-hydrogen) atoms. The first-order valence-corrected chi connectivity index (χ1v) is 23.5. The molecule has 4 rings (SSSR count). The normalized spacial score (nSPS) is 11.3. The van der Waals surface area contributed by atoms with Gasteiger partial charge in [0.2, 0.25) is 0 Å². The Kier molecular flexibility index (Phi) is 25.7. The van der Waals surface area contributed by atoms with Gasteiger partial charge >= 0.3 is 37.7 Å². The number of hydrogen-bond donors (Lipinski definition) is 0. The quantitative estimate of drug-likeness (QED) is 0.0346. The molecule has 0 saturated carbocycles. The monoisotopic (exact) mass is 846 g/mol. The van der Waals surface area contributed by atoms with Crippen molar-refractivity contribution in [3.8, 4) is 23.0 Å². The van der Waals surface area contributed by atoms with Gasteiger partial charge in [0.1, 0.15) is 43.2 Å². The van der Waals surface area contributed by atoms with Gasteiger partial charge < -0.3 is 18.6 Å². The first kappa shape index (κ1) is 50.7. The maximum atomic E-state index is 11.7. The minimum atomic E-state index is -4.60. The fourth-order valence-electron chi connectivity index (χ4n) is 6.61. The van der Waals surface area contributed by atoms with Gasteiger partial charge in [0.25, 0.3) is 0 Å². The first-order valence-electron chi connectivity index (χ1n) is 20.7. The van der Waals surface area contributed by atoms with Crippen LogP contribution in [0.2, 0.25) is 0 Å². The Morgan fingerprint density at radius 2 is 0.702 bits per heavy atom. The Hall–Kier alpha value is -2.44. The summed E-state index contributed by atoms with van der Waals surface area (Å²) in [5.41, 5.74) is 1.53. The Balaban J connectivity index is 0.000000387. The van der Waals surface area contributed by atoms with Gasteiger partial charge in [-0.15, -0.1) is 0 Å². The van der Waals surface area contributed by atoms with E-state index in [-0.39, 0.29) is 59.0 Å². The molecule has 0 amide bonds. The van der Waals surface area contributed by atoms with Crippen LogP contribution in [0.25, 0.3) is 0 Å². The van der Waals surface area contributed by atoms with Gasteiger partial charge in [-0.25, -0.2) is 16.8 Å². The molecule has 4 aromatic rings. The molecule has 0 N–H and O–H groups in total. The molecule has 0 fully saturated rings. The SMILES string of the molecule is CCCCCCCCCCCc1cccc(S(=O)(=O)[O-])c1Oc1ccccc1.CCCCCCCCCCCc1cccc(S(=O)(=O)[O-])c1Oc1ccccc1.[Ca+2]. The number of rotatable bonds is 26. The van der Waals surface area contributed by atoms with E-state index in [9.17, 15) is 25.9 Å². The van der Waals surface area contributed by atoms with Crippen molar-refractivity contribution < 1.29 is 35.4 Å². The van der Waals surface area contributed by atoms with Crippen LogP contribution in [0, 0.1) is 0 Å². The predicted molar refractivity (Wildman–Crippen MR) is 229 cm³/mol. The van der Waals surface area contributed by atoms with Crippen molar-refractivity contribution in [3.05, 3.63) is 108 Å². The minimum Gasteiger partial charge on any atom is -0.744 e. The van der Waals surface area contributed by atoms with E-state index in [0.717, 1.165) is 36.8 Å². The molecule has 308 valence electrons. The molecule has 8 nitrogen and oxygen atoms in total. The molecular weight excluding hydrogens is 785 g/mol. The molecule has 0 spiro atoms. The Morgan fingerprint density at radius 1 is 0.404 bits per heavy atom. The van der Waals surface area contributed by atoms with Crippen LogP contribution < -0.4 is 9.47 Å². The van der Waals surface area contributed by atoms with Gasteiger partial charge in [0.15, 0.2) is 0 Å². The summed E-state index contributed by atoms with van der Waals surface area (Å²) in [6.45, 7) is 4.45. The van der Waals surface area contributed by atoms with Gasteiger partial charge in [-0.2, -0.15) is 0 Å². The van der Waals surface area contributed by atoms with Gasteiger partial charge in [-0.1, -0.05) is 177 Å². The maximum absolute atomic E-state index is 11.7. The summed E-state index contributed by atoms with van der Waals surface area (Å²) in [6.07, 6.45) is 23.3. The number of hydrogen-bond acceptors (Lipinski definition) is 8. The van der Waals surface area contributed by atoms with Crippen LogP contribution in [0.1, 0.15) is 141 Å². The van der Waals surface area contributed by atoms with Gasteiger partial charge in [-0.3, -0.25) is 0 Å². The molecule has 0 radical (unpaired) electrons. The zero-order chi connectivity index (χ0) is 40.5. The van der Waals surface area contributed by atoms with E-state index in [1.54, 1.807) is 36.4 Å². The van der Waals surface area contributed by atoms with Crippen LogP contribution in [-0.4, -0.2) is 63.7 Å². The largest absolute Gasteiger partial charge is 2.00 e. The van der Waals surface area contributed by atoms with Crippen molar-refractivity contribution >= 4 is 58.0 Å². The molecule has 4 aromatic carbocycles. The molecule has 0 aromatic heterocycles. The van der Waals surface area contributed by atoms with Crippen LogP contribution >= 0.6 is 0 Å². The number of unbranched alkanes of at least 4 members (excludes halogenated alkanes) is 16. The van der Waals surface area contributed by atoms with Crippen LogP contribution in [0.4, 0.5) is 0 Å². The molecule has 0 aliphatic heterocycles. The van der Waals surface area contributed by atoms with Gasteiger partial charge in [0, 0.05) is 0 Å². The van der Waals surface area contributed by atoms with E-state index in [4.69, 9.17) is 9.47 Å². The molecule has 0 unspecified atom stereocenters. The molecule has 0 aliphatic carbocycles. The Morgan fingerprint density at radius 3 is 1.00 bits per heavy atom. The summed E-state index contributed by atoms with van der Waals surface area (Å²) < 4.78 is 81.7. The van der Waals surface area contributed by atoms with Crippen molar-refractivity contribution in [1.29, 1.82) is 0 Å². The van der Waals surface area contributed by atoms with Crippen molar-refractivity contribution in [2.75, 3.05) is 0 Å². The smallest absolute Gasteiger partial charge is 0.744 e. The predicted octanol–water partition coefficient (Wildman–Crippen LogP) is 12.5. The Bertz CT molecular complexity index is 1750. The van der Waals surface area contributed by atoms with Crippen molar-refractivity contribution in [1.82, 2.24) is 0 Å². The summed E-state index contributed by atoms with van der Waals surface area (Å²) in [6, 6.07) is 27.5. The van der Waals surface area contributed by atoms with Gasteiger partial charge in [0.05, 0.1) is 9.79 Å². The number of ether oxygens (including phenoxy) is 2. The molecule has 0 bridgehead atoms. The second-order valence-electron chi connectivity index (χ2n) is 14.4. The number of aryl methyl sites for hydroxylation is 2. The third kappa shape index (κ3) is 20.4. The first-order chi connectivity index (χ1) is 27.0. The maximum Gasteiger partial charge on any atom is 2.00 e. The average Bonchev–Trinajstić information content (AvgIpc) is 3.18. The van der Waals surface area contributed by atoms with E-state index in [1.807, 2.05) is 48.5 Å². The van der Waals surface area contributed by atoms with Gasteiger partial charge in [-0.05, 0) is 73.2 Å². The summed E-state index contributed by atoms with van der Waals surface area (Å²) >= 11 is 0. The fourth-order valence-corrected chi connectivity index (χ4v) is 7.90. The van der Waals surface area contributed by atoms with Crippen LogP contribution in [0.15, 0.2) is 107 Å². The molecular formula is C46H62CaO8S2. The van der Waals surface area contributed by atoms with E-state index in [2.05, 4.69) is 13.8 Å². The van der Waals surface area contributed by atoms with Crippen molar-refractivity contribution in [2.24, 2.45) is 0 Å². The van der Waals surface area contributed by atoms with Crippen LogP contribution in [-0.2, 0) is 33.1 Å². The molecule has 0 atom stereocenters. The average molecular weight is 847 g/mol. The molecule has 0 aliphatic rings. The second-order valence-corrected chi connectivity index (χ2v) is 17.1. The zero-order valence-corrected chi connectivity index (χ0v) is 38.0. The van der Waals surface area contributed by atoms with Crippen molar-refractivity contribution in [2.45, 2.75) is 152 Å². The van der Waals surface area contributed by atoms with E-state index >= 15 is 0 Å². The van der Waals surface area contributed by atoms with E-state index < -0.39 is 20.2 Å². The number of benzene rings is 4. The fraction of sp³-hybridized carbons (Fsp3) is 0.478. The molecule has 0 heterocycles. The molecule has 11 heteroatoms. The zero-order valence-electron chi connectivity index (χ0n) is 34.2. The number of para-hydroxylation sites is 4. The van der Waals surface area contributed by atoms with E-state index in [1.165, 1.54) is 102 Å². The summed E-state index contributed by atoms with van der Waals surface area (Å²) in [4.78, 5) is -0.574. The van der Waals surface area contributed by atoms with Crippen LogP contribution in [0.5, 0.6) is 23.0 Å². The van der Waals surface area contributed by atoms with E-state index in [0.29, 0.717) is 24.3 Å². The standard InChI is InChI=1S/2C23H32O4S.Ca/c2*1-2-3-4-5-6-7-8-9-11-15-20-16-14-19-22(28(24,25)26)23(20)27-21-17-12-10-13-18-21;/h2*10,12-14,16-19H,2-9,11,15H2,1H3,(H,24,25,26);/q;;+2/p-2. The summed E-state index contributed by atoms with van der Waals surface area (Å²) in [5.74, 6) is 1.38. The topological polar surface area (TPSA) is 133 Å². The Labute approximate surface area is 373 Å². The summed E-state index contributed by atoms with van der Waals surface area (Å²) in [7, 11) is -9.20. The van der Waals surface area contributed by atoms with Crippen molar-refractivity contribution in [3.63, 3.8) is 0 Å². The molecule has 0 saturated heterocycles. The van der Waals surface area contributed by atoms with Crippen LogP contribution in [0.3, 0.4) is 0 Å². The third-order valence-electron chi connectivity index (χ3n) is 9.69. The minimum absolute atomic E-state index is 0.